The average Bonchev–Trinajstić information content (AvgIpc) is 3.37. The summed E-state index contributed by atoms with van der Waals surface area (Å²) in [6.07, 6.45) is 4.26. The number of rotatable bonds is 6. The molecule has 0 spiro atoms. The summed E-state index contributed by atoms with van der Waals surface area (Å²) in [7, 11) is 1.95. The van der Waals surface area contributed by atoms with Crippen molar-refractivity contribution in [3.05, 3.63) is 53.5 Å². The maximum absolute atomic E-state index is 12.8. The zero-order chi connectivity index (χ0) is 19.0. The smallest absolute Gasteiger partial charge is 0.318 e. The fourth-order valence-corrected chi connectivity index (χ4v) is 3.69. The largest absolute Gasteiger partial charge is 0.346 e. The molecule has 0 bridgehead atoms. The van der Waals surface area contributed by atoms with Crippen LogP contribution in [0.25, 0.3) is 10.9 Å². The number of carbonyl (C=O) groups excluding carboxylic acids is 1. The molecule has 0 aliphatic heterocycles. The van der Waals surface area contributed by atoms with Crippen LogP contribution in [0.5, 0.6) is 0 Å². The Balaban J connectivity index is 1.39. The standard InChI is InChI=1S/C21H27N5O/c1-15-19(16(2)24(3)23-15)14-26(18-8-9-18)21(27)22-11-13-25-12-10-17-6-4-5-7-20(17)25/h4-7,10,12,18H,8-9,11,13-14H2,1-3H3,(H,22,27). The molecule has 1 aliphatic rings. The van der Waals surface area contributed by atoms with Crippen LogP contribution in [0.4, 0.5) is 4.79 Å². The predicted molar refractivity (Wildman–Crippen MR) is 107 cm³/mol. The summed E-state index contributed by atoms with van der Waals surface area (Å²) >= 11 is 0. The normalized spacial score (nSPS) is 13.9. The molecule has 2 heterocycles. The first kappa shape index (κ1) is 17.6. The Labute approximate surface area is 159 Å². The summed E-state index contributed by atoms with van der Waals surface area (Å²) in [6.45, 7) is 6.10. The van der Waals surface area contributed by atoms with Gasteiger partial charge in [-0.15, -0.1) is 0 Å². The summed E-state index contributed by atoms with van der Waals surface area (Å²) in [5.41, 5.74) is 4.50. The highest BCUT2D eigenvalue weighted by molar-refractivity contribution is 5.80. The molecule has 2 amide bonds. The molecular formula is C21H27N5O. The summed E-state index contributed by atoms with van der Waals surface area (Å²) in [4.78, 5) is 14.8. The van der Waals surface area contributed by atoms with E-state index in [1.807, 2.05) is 35.7 Å². The highest BCUT2D eigenvalue weighted by Gasteiger charge is 2.33. The van der Waals surface area contributed by atoms with Crippen LogP contribution in [0.1, 0.15) is 29.8 Å². The van der Waals surface area contributed by atoms with Crippen molar-refractivity contribution in [3.63, 3.8) is 0 Å². The first-order chi connectivity index (χ1) is 13.0. The third kappa shape index (κ3) is 3.56. The van der Waals surface area contributed by atoms with E-state index in [4.69, 9.17) is 0 Å². The number of fused-ring (bicyclic) bond motifs is 1. The third-order valence-corrected chi connectivity index (χ3v) is 5.55. The molecule has 0 unspecified atom stereocenters. The summed E-state index contributed by atoms with van der Waals surface area (Å²) in [5, 5.41) is 8.82. The van der Waals surface area contributed by atoms with Gasteiger partial charge in [-0.25, -0.2) is 4.79 Å². The molecule has 6 nitrogen and oxygen atoms in total. The second kappa shape index (κ2) is 7.10. The molecule has 1 fully saturated rings. The molecule has 0 saturated heterocycles. The molecule has 4 rings (SSSR count). The third-order valence-electron chi connectivity index (χ3n) is 5.55. The maximum Gasteiger partial charge on any atom is 0.318 e. The second-order valence-corrected chi connectivity index (χ2v) is 7.43. The van der Waals surface area contributed by atoms with Crippen LogP contribution < -0.4 is 5.32 Å². The molecule has 1 saturated carbocycles. The van der Waals surface area contributed by atoms with E-state index >= 15 is 0 Å². The van der Waals surface area contributed by atoms with Crippen molar-refractivity contribution < 1.29 is 4.79 Å². The lowest BCUT2D eigenvalue weighted by atomic mass is 10.2. The Morgan fingerprint density at radius 2 is 2.04 bits per heavy atom. The van der Waals surface area contributed by atoms with Gasteiger partial charge in [0.2, 0.25) is 0 Å². The first-order valence-corrected chi connectivity index (χ1v) is 9.62. The fourth-order valence-electron chi connectivity index (χ4n) is 3.69. The number of hydrogen-bond acceptors (Lipinski definition) is 2. The predicted octanol–water partition coefficient (Wildman–Crippen LogP) is 3.37. The van der Waals surface area contributed by atoms with Gasteiger partial charge in [0.1, 0.15) is 0 Å². The number of benzene rings is 1. The molecule has 0 radical (unpaired) electrons. The quantitative estimate of drug-likeness (QED) is 0.728. The van der Waals surface area contributed by atoms with E-state index in [-0.39, 0.29) is 6.03 Å². The van der Waals surface area contributed by atoms with E-state index in [1.165, 1.54) is 10.9 Å². The number of amides is 2. The SMILES string of the molecule is Cc1nn(C)c(C)c1CN(C(=O)NCCn1ccc2ccccc21)C1CC1. The van der Waals surface area contributed by atoms with Crippen LogP contribution >= 0.6 is 0 Å². The summed E-state index contributed by atoms with van der Waals surface area (Å²) in [6, 6.07) is 10.8. The van der Waals surface area contributed by atoms with Crippen molar-refractivity contribution in [1.82, 2.24) is 24.6 Å². The van der Waals surface area contributed by atoms with Crippen molar-refractivity contribution >= 4 is 16.9 Å². The van der Waals surface area contributed by atoms with Crippen LogP contribution in [0.2, 0.25) is 0 Å². The number of carbonyl (C=O) groups is 1. The molecule has 1 aromatic carbocycles. The lowest BCUT2D eigenvalue weighted by molar-refractivity contribution is 0.191. The van der Waals surface area contributed by atoms with Gasteiger partial charge in [0, 0.05) is 49.1 Å². The van der Waals surface area contributed by atoms with Crippen LogP contribution in [0.15, 0.2) is 36.5 Å². The lowest BCUT2D eigenvalue weighted by Crippen LogP contribution is -2.42. The van der Waals surface area contributed by atoms with Crippen LogP contribution in [-0.2, 0) is 20.1 Å². The number of para-hydroxylation sites is 1. The molecule has 2 aromatic heterocycles. The van der Waals surface area contributed by atoms with Crippen molar-refractivity contribution in [2.45, 2.75) is 45.8 Å². The number of hydrogen-bond donors (Lipinski definition) is 1. The van der Waals surface area contributed by atoms with Crippen molar-refractivity contribution in [1.29, 1.82) is 0 Å². The molecule has 1 aliphatic carbocycles. The average molecular weight is 365 g/mol. The number of aromatic nitrogens is 3. The Bertz CT molecular complexity index is 966. The van der Waals surface area contributed by atoms with Gasteiger partial charge in [0.05, 0.1) is 12.2 Å². The van der Waals surface area contributed by atoms with E-state index in [0.717, 1.165) is 36.3 Å². The summed E-state index contributed by atoms with van der Waals surface area (Å²) in [5.74, 6) is 0. The Kier molecular flexibility index (Phi) is 4.64. The number of nitrogens with zero attached hydrogens (tertiary/aromatic N) is 4. The highest BCUT2D eigenvalue weighted by Crippen LogP contribution is 2.29. The number of urea groups is 1. The number of nitrogens with one attached hydrogen (secondary N) is 1. The van der Waals surface area contributed by atoms with Crippen LogP contribution in [0, 0.1) is 13.8 Å². The fraction of sp³-hybridized carbons (Fsp3) is 0.429. The minimum absolute atomic E-state index is 0.0246. The zero-order valence-corrected chi connectivity index (χ0v) is 16.3. The Morgan fingerprint density at radius 3 is 2.74 bits per heavy atom. The van der Waals surface area contributed by atoms with Crippen molar-refractivity contribution in [2.24, 2.45) is 7.05 Å². The molecule has 142 valence electrons. The topological polar surface area (TPSA) is 55.1 Å². The lowest BCUT2D eigenvalue weighted by Gasteiger charge is -2.23. The van der Waals surface area contributed by atoms with E-state index in [0.29, 0.717) is 19.1 Å². The van der Waals surface area contributed by atoms with E-state index < -0.39 is 0 Å². The van der Waals surface area contributed by atoms with Gasteiger partial charge in [-0.05, 0) is 44.2 Å². The van der Waals surface area contributed by atoms with Crippen LogP contribution in [0.3, 0.4) is 0 Å². The monoisotopic (exact) mass is 365 g/mol. The minimum atomic E-state index is 0.0246. The minimum Gasteiger partial charge on any atom is -0.346 e. The van der Waals surface area contributed by atoms with E-state index in [2.05, 4.69) is 46.3 Å². The van der Waals surface area contributed by atoms with Crippen LogP contribution in [-0.4, -0.2) is 37.9 Å². The van der Waals surface area contributed by atoms with Crippen molar-refractivity contribution in [2.75, 3.05) is 6.54 Å². The Hall–Kier alpha value is -2.76. The van der Waals surface area contributed by atoms with Gasteiger partial charge < -0.3 is 14.8 Å². The van der Waals surface area contributed by atoms with Gasteiger partial charge in [-0.1, -0.05) is 18.2 Å². The van der Waals surface area contributed by atoms with Gasteiger partial charge in [-0.3, -0.25) is 4.68 Å². The van der Waals surface area contributed by atoms with E-state index in [9.17, 15) is 4.79 Å². The molecule has 0 atom stereocenters. The molecular weight excluding hydrogens is 338 g/mol. The highest BCUT2D eigenvalue weighted by atomic mass is 16.2. The van der Waals surface area contributed by atoms with Gasteiger partial charge in [0.25, 0.3) is 0 Å². The Morgan fingerprint density at radius 1 is 1.26 bits per heavy atom. The molecule has 3 aromatic rings. The first-order valence-electron chi connectivity index (χ1n) is 9.62. The molecule has 1 N–H and O–H groups in total. The van der Waals surface area contributed by atoms with Gasteiger partial charge >= 0.3 is 6.03 Å². The number of aryl methyl sites for hydroxylation is 2. The zero-order valence-electron chi connectivity index (χ0n) is 16.3. The molecule has 27 heavy (non-hydrogen) atoms. The van der Waals surface area contributed by atoms with Gasteiger partial charge in [0.15, 0.2) is 0 Å². The second-order valence-electron chi connectivity index (χ2n) is 7.43. The van der Waals surface area contributed by atoms with Crippen molar-refractivity contribution in [3.8, 4) is 0 Å². The maximum atomic E-state index is 12.8. The molecule has 6 heteroatoms. The van der Waals surface area contributed by atoms with Gasteiger partial charge in [-0.2, -0.15) is 5.10 Å². The summed E-state index contributed by atoms with van der Waals surface area (Å²) < 4.78 is 4.08. The van der Waals surface area contributed by atoms with E-state index in [1.54, 1.807) is 0 Å².